The molecule has 0 saturated heterocycles. The number of rotatable bonds is 16. The number of hydrogen-bond acceptors (Lipinski definition) is 6. The summed E-state index contributed by atoms with van der Waals surface area (Å²) in [5, 5.41) is 33.2. The zero-order chi connectivity index (χ0) is 38.1. The molecule has 0 saturated carbocycles. The Hall–Kier alpha value is -4.23. The van der Waals surface area contributed by atoms with E-state index in [4.69, 9.17) is 0 Å². The van der Waals surface area contributed by atoms with Crippen LogP contribution >= 0.6 is 0 Å². The summed E-state index contributed by atoms with van der Waals surface area (Å²) in [5.41, 5.74) is 3.65. The molecule has 3 N–H and O–H groups in total. The highest BCUT2D eigenvalue weighted by Crippen LogP contribution is 2.53. The van der Waals surface area contributed by atoms with Gasteiger partial charge in [-0.05, 0) is 97.7 Å². The Bertz CT molecular complexity index is 1860. The maximum Gasteiger partial charge on any atom is 0.194 e. The first-order valence-electron chi connectivity index (χ1n) is 18.9. The second kappa shape index (κ2) is 15.0. The third kappa shape index (κ3) is 6.84. The van der Waals surface area contributed by atoms with Gasteiger partial charge in [0.05, 0.1) is 0 Å². The second-order valence-corrected chi connectivity index (χ2v) is 14.8. The van der Waals surface area contributed by atoms with Gasteiger partial charge in [-0.25, -0.2) is 0 Å². The summed E-state index contributed by atoms with van der Waals surface area (Å²) in [7, 11) is 0. The minimum Gasteiger partial charge on any atom is -0.382 e. The zero-order valence-electron chi connectivity index (χ0n) is 31.8. The Morgan fingerprint density at radius 2 is 0.808 bits per heavy atom. The third-order valence-corrected chi connectivity index (χ3v) is 12.0. The maximum absolute atomic E-state index is 13.9. The van der Waals surface area contributed by atoms with Crippen LogP contribution in [0.1, 0.15) is 139 Å². The van der Waals surface area contributed by atoms with E-state index in [1.807, 2.05) is 84.0 Å². The van der Waals surface area contributed by atoms with Crippen LogP contribution in [0.3, 0.4) is 0 Å². The Labute approximate surface area is 308 Å². The van der Waals surface area contributed by atoms with Crippen LogP contribution in [0.25, 0.3) is 11.1 Å². The first kappa shape index (κ1) is 39.0. The van der Waals surface area contributed by atoms with Crippen LogP contribution in [-0.2, 0) is 18.3 Å². The van der Waals surface area contributed by atoms with E-state index in [1.165, 1.54) is 0 Å². The molecule has 0 radical (unpaired) electrons. The number of benzene rings is 4. The highest BCUT2D eigenvalue weighted by atomic mass is 16.3. The van der Waals surface area contributed by atoms with Crippen molar-refractivity contribution in [3.8, 4) is 11.1 Å². The van der Waals surface area contributed by atoms with Crippen molar-refractivity contribution < 1.29 is 29.7 Å². The van der Waals surface area contributed by atoms with Crippen molar-refractivity contribution >= 4 is 17.3 Å². The van der Waals surface area contributed by atoms with Gasteiger partial charge in [-0.3, -0.25) is 14.4 Å². The van der Waals surface area contributed by atoms with Crippen molar-refractivity contribution in [1.29, 1.82) is 0 Å². The van der Waals surface area contributed by atoms with Gasteiger partial charge in [-0.1, -0.05) is 126 Å². The Balaban J connectivity index is 1.69. The summed E-state index contributed by atoms with van der Waals surface area (Å²) in [6.45, 7) is 13.0. The summed E-state index contributed by atoms with van der Waals surface area (Å²) in [6.07, 6.45) is 2.98. The molecule has 0 aromatic heterocycles. The minimum atomic E-state index is -1.47. The standard InChI is InChI=1S/C46H54O6/c1-8-44(50,9-2)40(47)33-19-15-31(16-20-33)28-43(29-32-17-21-34(22-18-32)41(48)45(51,10-3)11-4)38-26-30(7)14-24-36(38)37-25-23-35(27-39(37)43)42(49)46(52,12-5)13-6/h14-27,50-52H,8-13,28-29H2,1-7H3. The summed E-state index contributed by atoms with van der Waals surface area (Å²) in [6, 6.07) is 27.2. The molecule has 4 aromatic rings. The predicted molar refractivity (Wildman–Crippen MR) is 207 cm³/mol. The fourth-order valence-corrected chi connectivity index (χ4v) is 7.96. The topological polar surface area (TPSA) is 112 Å². The quantitative estimate of drug-likeness (QED) is 0.101. The normalized spacial score (nSPS) is 13.8. The predicted octanol–water partition coefficient (Wildman–Crippen LogP) is 8.95. The van der Waals surface area contributed by atoms with E-state index in [9.17, 15) is 29.7 Å². The number of ketones is 3. The first-order valence-corrected chi connectivity index (χ1v) is 18.9. The van der Waals surface area contributed by atoms with Crippen LogP contribution in [0, 0.1) is 6.92 Å². The average Bonchev–Trinajstić information content (AvgIpc) is 3.43. The van der Waals surface area contributed by atoms with E-state index in [2.05, 4.69) is 25.1 Å². The first-order chi connectivity index (χ1) is 24.7. The van der Waals surface area contributed by atoms with Gasteiger partial charge in [0.25, 0.3) is 0 Å². The molecule has 1 aliphatic rings. The lowest BCUT2D eigenvalue weighted by Gasteiger charge is -2.34. The third-order valence-electron chi connectivity index (χ3n) is 12.0. The van der Waals surface area contributed by atoms with Crippen LogP contribution in [-0.4, -0.2) is 49.5 Å². The summed E-state index contributed by atoms with van der Waals surface area (Å²) < 4.78 is 0. The van der Waals surface area contributed by atoms with Crippen LogP contribution in [0.15, 0.2) is 84.9 Å². The van der Waals surface area contributed by atoms with E-state index in [0.717, 1.165) is 38.9 Å². The van der Waals surface area contributed by atoms with Crippen LogP contribution < -0.4 is 0 Å². The highest BCUT2D eigenvalue weighted by molar-refractivity contribution is 6.04. The molecule has 4 aromatic carbocycles. The summed E-state index contributed by atoms with van der Waals surface area (Å²) >= 11 is 0. The lowest BCUT2D eigenvalue weighted by molar-refractivity contribution is 0.0277. The monoisotopic (exact) mass is 702 g/mol. The molecular formula is C46H54O6. The van der Waals surface area contributed by atoms with E-state index in [-0.39, 0.29) is 17.3 Å². The average molecular weight is 703 g/mol. The van der Waals surface area contributed by atoms with Gasteiger partial charge in [-0.15, -0.1) is 0 Å². The van der Waals surface area contributed by atoms with Crippen molar-refractivity contribution in [2.24, 2.45) is 0 Å². The number of Topliss-reactive ketones (excluding diaryl/α,β-unsaturated/α-hetero) is 3. The van der Waals surface area contributed by atoms with Crippen molar-refractivity contribution in [2.75, 3.05) is 0 Å². The van der Waals surface area contributed by atoms with Crippen LogP contribution in [0.2, 0.25) is 0 Å². The van der Waals surface area contributed by atoms with Gasteiger partial charge < -0.3 is 15.3 Å². The van der Waals surface area contributed by atoms with Gasteiger partial charge in [0.2, 0.25) is 0 Å². The molecule has 5 rings (SSSR count). The SMILES string of the molecule is CCC(O)(CC)C(=O)c1ccc(CC2(Cc3ccc(C(=O)C(O)(CC)CC)cc3)c3cc(C)ccc3-c3ccc(C(=O)C(O)(CC)CC)cc32)cc1. The van der Waals surface area contributed by atoms with E-state index in [1.54, 1.807) is 24.3 Å². The molecule has 274 valence electrons. The van der Waals surface area contributed by atoms with Crippen LogP contribution in [0.4, 0.5) is 0 Å². The molecule has 0 aliphatic heterocycles. The number of aliphatic hydroxyl groups is 3. The second-order valence-electron chi connectivity index (χ2n) is 14.8. The van der Waals surface area contributed by atoms with Gasteiger partial charge >= 0.3 is 0 Å². The molecule has 0 heterocycles. The molecule has 6 heteroatoms. The number of aryl methyl sites for hydroxylation is 1. The van der Waals surface area contributed by atoms with Gasteiger partial charge in [0.15, 0.2) is 17.3 Å². The number of fused-ring (bicyclic) bond motifs is 3. The molecule has 6 nitrogen and oxygen atoms in total. The van der Waals surface area contributed by atoms with Crippen molar-refractivity contribution in [3.05, 3.63) is 129 Å². The fourth-order valence-electron chi connectivity index (χ4n) is 7.96. The Morgan fingerprint density at radius 3 is 1.19 bits per heavy atom. The minimum absolute atomic E-state index is 0.291. The lowest BCUT2D eigenvalue weighted by atomic mass is 9.68. The molecule has 0 amide bonds. The molecule has 52 heavy (non-hydrogen) atoms. The molecular weight excluding hydrogens is 649 g/mol. The number of carbonyl (C=O) groups excluding carboxylic acids is 3. The lowest BCUT2D eigenvalue weighted by Crippen LogP contribution is -2.38. The number of hydrogen-bond donors (Lipinski definition) is 3. The largest absolute Gasteiger partial charge is 0.382 e. The van der Waals surface area contributed by atoms with Gasteiger partial charge in [-0.2, -0.15) is 0 Å². The maximum atomic E-state index is 13.9. The molecule has 0 unspecified atom stereocenters. The molecule has 0 spiro atoms. The zero-order valence-corrected chi connectivity index (χ0v) is 31.8. The molecule has 0 bridgehead atoms. The van der Waals surface area contributed by atoms with Crippen molar-refractivity contribution in [1.82, 2.24) is 0 Å². The summed E-state index contributed by atoms with van der Waals surface area (Å²) in [5.74, 6) is -0.882. The summed E-state index contributed by atoms with van der Waals surface area (Å²) in [4.78, 5) is 40.5. The van der Waals surface area contributed by atoms with E-state index in [0.29, 0.717) is 68.1 Å². The molecule has 1 aliphatic carbocycles. The fraction of sp³-hybridized carbons (Fsp3) is 0.413. The van der Waals surface area contributed by atoms with Gasteiger partial charge in [0.1, 0.15) is 16.8 Å². The van der Waals surface area contributed by atoms with Crippen molar-refractivity contribution in [2.45, 2.75) is 122 Å². The van der Waals surface area contributed by atoms with Crippen molar-refractivity contribution in [3.63, 3.8) is 0 Å². The Kier molecular flexibility index (Phi) is 11.3. The smallest absolute Gasteiger partial charge is 0.194 e. The van der Waals surface area contributed by atoms with Crippen LogP contribution in [0.5, 0.6) is 0 Å². The molecule has 0 atom stereocenters. The van der Waals surface area contributed by atoms with E-state index >= 15 is 0 Å². The highest BCUT2D eigenvalue weighted by Gasteiger charge is 2.45. The van der Waals surface area contributed by atoms with Gasteiger partial charge in [0, 0.05) is 22.1 Å². The Morgan fingerprint density at radius 1 is 0.481 bits per heavy atom. The number of carbonyl (C=O) groups is 3. The van der Waals surface area contributed by atoms with E-state index < -0.39 is 22.2 Å². The molecule has 0 fully saturated rings.